The van der Waals surface area contributed by atoms with E-state index in [4.69, 9.17) is 0 Å². The molecule has 23 heavy (non-hydrogen) atoms. The van der Waals surface area contributed by atoms with Crippen LogP contribution in [0.4, 0.5) is 0 Å². The van der Waals surface area contributed by atoms with Gasteiger partial charge in [0, 0.05) is 25.2 Å². The van der Waals surface area contributed by atoms with Crippen LogP contribution in [0, 0.1) is 5.92 Å². The summed E-state index contributed by atoms with van der Waals surface area (Å²) >= 11 is 0. The second-order valence-corrected chi connectivity index (χ2v) is 8.47. The molecule has 1 fully saturated rings. The molecule has 2 rings (SSSR count). The van der Waals surface area contributed by atoms with Gasteiger partial charge in [-0.15, -0.1) is 0 Å². The van der Waals surface area contributed by atoms with Gasteiger partial charge >= 0.3 is 0 Å². The van der Waals surface area contributed by atoms with Gasteiger partial charge in [-0.1, -0.05) is 26.0 Å². The minimum absolute atomic E-state index is 0.00223. The third-order valence-electron chi connectivity index (χ3n) is 4.03. The lowest BCUT2D eigenvalue weighted by molar-refractivity contribution is 0.0952. The van der Waals surface area contributed by atoms with Crippen molar-refractivity contribution in [2.45, 2.75) is 38.9 Å². The Hall–Kier alpha value is -1.40. The van der Waals surface area contributed by atoms with Crippen molar-refractivity contribution < 1.29 is 13.2 Å². The average molecular weight is 338 g/mol. The van der Waals surface area contributed by atoms with Gasteiger partial charge in [0.05, 0.1) is 5.75 Å². The standard InChI is InChI=1S/C17H26N2O3S/c1-14(2)9-10-18-17(20)16-7-5-15(6-8-16)13-23(21,22)19-11-3-4-12-19/h5-8,14H,3-4,9-13H2,1-2H3,(H,18,20). The predicted molar refractivity (Wildman–Crippen MR) is 91.7 cm³/mol. The lowest BCUT2D eigenvalue weighted by atomic mass is 10.1. The number of hydrogen-bond donors (Lipinski definition) is 1. The maximum atomic E-state index is 12.3. The summed E-state index contributed by atoms with van der Waals surface area (Å²) < 4.78 is 26.1. The molecule has 0 spiro atoms. The van der Waals surface area contributed by atoms with E-state index in [0.29, 0.717) is 31.1 Å². The zero-order valence-corrected chi connectivity index (χ0v) is 14.7. The number of carbonyl (C=O) groups excluding carboxylic acids is 1. The Labute approximate surface area is 139 Å². The Morgan fingerprint density at radius 1 is 1.17 bits per heavy atom. The second-order valence-electron chi connectivity index (χ2n) is 6.50. The molecule has 0 radical (unpaired) electrons. The number of benzene rings is 1. The van der Waals surface area contributed by atoms with Crippen molar-refractivity contribution in [3.8, 4) is 0 Å². The maximum Gasteiger partial charge on any atom is 0.251 e. The molecule has 128 valence electrons. The first kappa shape index (κ1) is 17.9. The van der Waals surface area contributed by atoms with Gasteiger partial charge in [-0.2, -0.15) is 0 Å². The molecule has 1 aliphatic rings. The molecule has 1 saturated heterocycles. The van der Waals surface area contributed by atoms with Gasteiger partial charge in [0.15, 0.2) is 0 Å². The van der Waals surface area contributed by atoms with Crippen molar-refractivity contribution >= 4 is 15.9 Å². The molecule has 0 bridgehead atoms. The number of nitrogens with zero attached hydrogens (tertiary/aromatic N) is 1. The highest BCUT2D eigenvalue weighted by Gasteiger charge is 2.25. The minimum atomic E-state index is -3.24. The normalized spacial score (nSPS) is 16.0. The van der Waals surface area contributed by atoms with Gasteiger partial charge in [-0.05, 0) is 42.9 Å². The van der Waals surface area contributed by atoms with Gasteiger partial charge in [0.2, 0.25) is 10.0 Å². The average Bonchev–Trinajstić information content (AvgIpc) is 3.02. The quantitative estimate of drug-likeness (QED) is 0.830. The third kappa shape index (κ3) is 5.32. The van der Waals surface area contributed by atoms with Gasteiger partial charge in [0.25, 0.3) is 5.91 Å². The van der Waals surface area contributed by atoms with Crippen molar-refractivity contribution in [1.29, 1.82) is 0 Å². The second kappa shape index (κ2) is 7.93. The Bertz CT molecular complexity index is 618. The van der Waals surface area contributed by atoms with E-state index in [1.165, 1.54) is 0 Å². The summed E-state index contributed by atoms with van der Waals surface area (Å²) in [6.07, 6.45) is 2.82. The summed E-state index contributed by atoms with van der Waals surface area (Å²) in [5.41, 5.74) is 1.28. The lowest BCUT2D eigenvalue weighted by Gasteiger charge is -2.15. The molecule has 1 heterocycles. The fourth-order valence-corrected chi connectivity index (χ4v) is 4.21. The fraction of sp³-hybridized carbons (Fsp3) is 0.588. The molecule has 1 N–H and O–H groups in total. The van der Waals surface area contributed by atoms with Gasteiger partial charge in [0.1, 0.15) is 0 Å². The third-order valence-corrected chi connectivity index (χ3v) is 5.88. The van der Waals surface area contributed by atoms with Crippen LogP contribution in [0.15, 0.2) is 24.3 Å². The molecule has 5 nitrogen and oxygen atoms in total. The van der Waals surface area contributed by atoms with E-state index in [0.717, 1.165) is 24.8 Å². The van der Waals surface area contributed by atoms with E-state index in [1.807, 2.05) is 0 Å². The topological polar surface area (TPSA) is 66.5 Å². The molecule has 1 aromatic carbocycles. The Morgan fingerprint density at radius 3 is 2.35 bits per heavy atom. The maximum absolute atomic E-state index is 12.3. The molecular weight excluding hydrogens is 312 g/mol. The van der Waals surface area contributed by atoms with Crippen LogP contribution >= 0.6 is 0 Å². The highest BCUT2D eigenvalue weighted by molar-refractivity contribution is 7.88. The highest BCUT2D eigenvalue weighted by atomic mass is 32.2. The number of nitrogens with one attached hydrogen (secondary N) is 1. The van der Waals surface area contributed by atoms with Crippen LogP contribution in [-0.2, 0) is 15.8 Å². The zero-order chi connectivity index (χ0) is 16.9. The summed E-state index contributed by atoms with van der Waals surface area (Å²) in [7, 11) is -3.24. The van der Waals surface area contributed by atoms with Crippen molar-refractivity contribution in [2.75, 3.05) is 19.6 Å². The number of sulfonamides is 1. The number of carbonyl (C=O) groups is 1. The molecule has 1 amide bonds. The molecule has 6 heteroatoms. The van der Waals surface area contributed by atoms with Crippen LogP contribution in [-0.4, -0.2) is 38.3 Å². The van der Waals surface area contributed by atoms with Crippen molar-refractivity contribution in [1.82, 2.24) is 9.62 Å². The number of rotatable bonds is 7. The first-order valence-corrected chi connectivity index (χ1v) is 9.84. The van der Waals surface area contributed by atoms with Crippen LogP contribution in [0.1, 0.15) is 49.0 Å². The zero-order valence-electron chi connectivity index (χ0n) is 13.9. The molecule has 0 saturated carbocycles. The fourth-order valence-electron chi connectivity index (χ4n) is 2.60. The molecule has 1 aromatic rings. The Balaban J connectivity index is 1.92. The largest absolute Gasteiger partial charge is 0.352 e. The molecular formula is C17H26N2O3S. The van der Waals surface area contributed by atoms with Crippen molar-refractivity contribution in [3.63, 3.8) is 0 Å². The van der Waals surface area contributed by atoms with E-state index in [9.17, 15) is 13.2 Å². The van der Waals surface area contributed by atoms with Crippen LogP contribution in [0.5, 0.6) is 0 Å². The molecule has 0 atom stereocenters. The van der Waals surface area contributed by atoms with E-state index in [2.05, 4.69) is 19.2 Å². The van der Waals surface area contributed by atoms with E-state index >= 15 is 0 Å². The monoisotopic (exact) mass is 338 g/mol. The molecule has 0 aromatic heterocycles. The lowest BCUT2D eigenvalue weighted by Crippen LogP contribution is -2.29. The number of amides is 1. The van der Waals surface area contributed by atoms with Crippen LogP contribution in [0.2, 0.25) is 0 Å². The Morgan fingerprint density at radius 2 is 1.78 bits per heavy atom. The molecule has 0 aliphatic carbocycles. The number of hydrogen-bond acceptors (Lipinski definition) is 3. The van der Waals surface area contributed by atoms with Crippen LogP contribution < -0.4 is 5.32 Å². The van der Waals surface area contributed by atoms with E-state index < -0.39 is 10.0 Å². The highest BCUT2D eigenvalue weighted by Crippen LogP contribution is 2.17. The Kier molecular flexibility index (Phi) is 6.18. The van der Waals surface area contributed by atoms with Crippen molar-refractivity contribution in [3.05, 3.63) is 35.4 Å². The van der Waals surface area contributed by atoms with E-state index in [-0.39, 0.29) is 11.7 Å². The smallest absolute Gasteiger partial charge is 0.251 e. The minimum Gasteiger partial charge on any atom is -0.352 e. The molecule has 1 aliphatic heterocycles. The summed E-state index contributed by atoms with van der Waals surface area (Å²) in [5, 5.41) is 2.88. The summed E-state index contributed by atoms with van der Waals surface area (Å²) in [5.74, 6) is 0.440. The summed E-state index contributed by atoms with van der Waals surface area (Å²) in [4.78, 5) is 12.0. The van der Waals surface area contributed by atoms with Crippen molar-refractivity contribution in [2.24, 2.45) is 5.92 Å². The van der Waals surface area contributed by atoms with Crippen LogP contribution in [0.3, 0.4) is 0 Å². The van der Waals surface area contributed by atoms with Gasteiger partial charge in [-0.25, -0.2) is 12.7 Å². The van der Waals surface area contributed by atoms with Gasteiger partial charge in [-0.3, -0.25) is 4.79 Å². The summed E-state index contributed by atoms with van der Waals surface area (Å²) in [6, 6.07) is 6.84. The van der Waals surface area contributed by atoms with Gasteiger partial charge < -0.3 is 5.32 Å². The summed E-state index contributed by atoms with van der Waals surface area (Å²) in [6.45, 7) is 6.13. The molecule has 0 unspecified atom stereocenters. The van der Waals surface area contributed by atoms with Crippen LogP contribution in [0.25, 0.3) is 0 Å². The first-order chi connectivity index (χ1) is 10.9. The first-order valence-electron chi connectivity index (χ1n) is 8.23. The predicted octanol–water partition coefficient (Wildman–Crippen LogP) is 2.39. The van der Waals surface area contributed by atoms with E-state index in [1.54, 1.807) is 28.6 Å². The SMILES string of the molecule is CC(C)CCNC(=O)c1ccc(CS(=O)(=O)N2CCCC2)cc1.